The lowest BCUT2D eigenvalue weighted by atomic mass is 10.2. The van der Waals surface area contributed by atoms with Crippen molar-refractivity contribution < 1.29 is 18.7 Å². The maximum atomic E-state index is 13.0. The van der Waals surface area contributed by atoms with Crippen LogP contribution in [0.2, 0.25) is 0 Å². The summed E-state index contributed by atoms with van der Waals surface area (Å²) in [5, 5.41) is 11.2. The van der Waals surface area contributed by atoms with Crippen molar-refractivity contribution >= 4 is 17.2 Å². The monoisotopic (exact) mass is 307 g/mol. The molecule has 0 saturated heterocycles. The number of hydrogen-bond acceptors (Lipinski definition) is 3. The predicted molar refractivity (Wildman–Crippen MR) is 75.8 cm³/mol. The summed E-state index contributed by atoms with van der Waals surface area (Å²) in [5.74, 6) is 3.01. The number of benzene rings is 1. The summed E-state index contributed by atoms with van der Waals surface area (Å²) in [5.41, 5.74) is 0.471. The molecule has 0 bridgehead atoms. The van der Waals surface area contributed by atoms with Gasteiger partial charge in [-0.1, -0.05) is 17.9 Å². The number of aliphatic hydroxyl groups is 1. The number of amides is 1. The summed E-state index contributed by atoms with van der Waals surface area (Å²) in [6.07, 6.45) is 0. The van der Waals surface area contributed by atoms with Crippen LogP contribution in [0.25, 0.3) is 0 Å². The summed E-state index contributed by atoms with van der Waals surface area (Å²) in [4.78, 5) is 13.0. The summed E-state index contributed by atoms with van der Waals surface area (Å²) >= 11 is 1.19. The van der Waals surface area contributed by atoms with Gasteiger partial charge in [0.1, 0.15) is 6.61 Å². The lowest BCUT2D eigenvalue weighted by molar-refractivity contribution is 0.0955. The quantitative estimate of drug-likeness (QED) is 0.855. The minimum absolute atomic E-state index is 0.103. The minimum Gasteiger partial charge on any atom is -0.384 e. The van der Waals surface area contributed by atoms with Crippen molar-refractivity contribution in [3.63, 3.8) is 0 Å². The molecule has 21 heavy (non-hydrogen) atoms. The fraction of sp³-hybridized carbons (Fsp3) is 0.133. The first-order valence-electron chi connectivity index (χ1n) is 6.02. The number of halogens is 2. The predicted octanol–water partition coefficient (Wildman–Crippen LogP) is 2.30. The molecule has 0 aliphatic carbocycles. The van der Waals surface area contributed by atoms with Crippen molar-refractivity contribution in [1.82, 2.24) is 5.32 Å². The fourth-order valence-corrected chi connectivity index (χ4v) is 2.37. The Kier molecular flexibility index (Phi) is 5.04. The maximum Gasteiger partial charge on any atom is 0.261 e. The van der Waals surface area contributed by atoms with Gasteiger partial charge in [-0.05, 0) is 29.8 Å². The van der Waals surface area contributed by atoms with Crippen LogP contribution in [-0.4, -0.2) is 17.6 Å². The van der Waals surface area contributed by atoms with E-state index in [-0.39, 0.29) is 19.1 Å². The van der Waals surface area contributed by atoms with Gasteiger partial charge in [0.2, 0.25) is 0 Å². The average molecular weight is 307 g/mol. The van der Waals surface area contributed by atoms with Crippen molar-refractivity contribution in [2.24, 2.45) is 0 Å². The molecular formula is C15H11F2NO2S. The number of nitrogens with one attached hydrogen (secondary N) is 1. The molecule has 108 valence electrons. The molecule has 2 aromatic rings. The zero-order valence-corrected chi connectivity index (χ0v) is 11.6. The Morgan fingerprint density at radius 2 is 2.05 bits per heavy atom. The molecule has 1 amide bonds. The van der Waals surface area contributed by atoms with E-state index in [1.165, 1.54) is 17.4 Å². The zero-order valence-electron chi connectivity index (χ0n) is 10.8. The third-order valence-electron chi connectivity index (χ3n) is 2.56. The van der Waals surface area contributed by atoms with Crippen molar-refractivity contribution in [2.45, 2.75) is 6.54 Å². The smallest absolute Gasteiger partial charge is 0.261 e. The number of carbonyl (C=O) groups excluding carboxylic acids is 1. The third-order valence-corrected chi connectivity index (χ3v) is 3.56. The number of hydrogen-bond donors (Lipinski definition) is 2. The molecule has 0 radical (unpaired) electrons. The van der Waals surface area contributed by atoms with Crippen LogP contribution in [0.4, 0.5) is 8.78 Å². The lowest BCUT2D eigenvalue weighted by Crippen LogP contribution is -2.21. The van der Waals surface area contributed by atoms with Crippen molar-refractivity contribution in [3.05, 3.63) is 57.3 Å². The molecule has 0 aliphatic heterocycles. The van der Waals surface area contributed by atoms with E-state index in [1.807, 2.05) is 0 Å². The first-order chi connectivity index (χ1) is 10.1. The van der Waals surface area contributed by atoms with Gasteiger partial charge in [0.05, 0.1) is 9.75 Å². The van der Waals surface area contributed by atoms with Crippen molar-refractivity contribution in [2.75, 3.05) is 6.61 Å². The molecule has 2 N–H and O–H groups in total. The standard InChI is InChI=1S/C15H11F2NO2S/c16-12-5-3-10(8-13(12)17)9-18-15(20)14-6-4-11(21-14)2-1-7-19/h3-6,8,19H,7,9H2,(H,18,20). The van der Waals surface area contributed by atoms with E-state index in [0.717, 1.165) is 12.1 Å². The molecule has 0 atom stereocenters. The van der Waals surface area contributed by atoms with Gasteiger partial charge in [-0.3, -0.25) is 4.79 Å². The van der Waals surface area contributed by atoms with Gasteiger partial charge < -0.3 is 10.4 Å². The van der Waals surface area contributed by atoms with Crippen LogP contribution < -0.4 is 5.32 Å². The van der Waals surface area contributed by atoms with Crippen LogP contribution in [0, 0.1) is 23.5 Å². The van der Waals surface area contributed by atoms with Gasteiger partial charge in [-0.2, -0.15) is 0 Å². The normalized spacial score (nSPS) is 9.86. The molecule has 1 aromatic carbocycles. The van der Waals surface area contributed by atoms with Crippen LogP contribution >= 0.6 is 11.3 Å². The van der Waals surface area contributed by atoms with Gasteiger partial charge in [0.15, 0.2) is 11.6 Å². The van der Waals surface area contributed by atoms with Crippen LogP contribution in [-0.2, 0) is 6.54 Å². The summed E-state index contributed by atoms with van der Waals surface area (Å²) in [6.45, 7) is -0.138. The number of carbonyl (C=O) groups is 1. The topological polar surface area (TPSA) is 49.3 Å². The molecule has 2 rings (SSSR count). The van der Waals surface area contributed by atoms with Gasteiger partial charge in [-0.15, -0.1) is 11.3 Å². The van der Waals surface area contributed by atoms with E-state index in [1.54, 1.807) is 12.1 Å². The van der Waals surface area contributed by atoms with Crippen LogP contribution in [0.5, 0.6) is 0 Å². The molecule has 1 heterocycles. The highest BCUT2D eigenvalue weighted by Crippen LogP contribution is 2.15. The van der Waals surface area contributed by atoms with E-state index in [9.17, 15) is 13.6 Å². The highest BCUT2D eigenvalue weighted by molar-refractivity contribution is 7.14. The Morgan fingerprint density at radius 1 is 1.24 bits per heavy atom. The van der Waals surface area contributed by atoms with Crippen LogP contribution in [0.15, 0.2) is 30.3 Å². The van der Waals surface area contributed by atoms with Crippen LogP contribution in [0.3, 0.4) is 0 Å². The summed E-state index contributed by atoms with van der Waals surface area (Å²) in [7, 11) is 0. The third kappa shape index (κ3) is 4.12. The van der Waals surface area contributed by atoms with E-state index in [4.69, 9.17) is 5.11 Å². The minimum atomic E-state index is -0.945. The molecule has 0 aliphatic rings. The van der Waals surface area contributed by atoms with Gasteiger partial charge in [-0.25, -0.2) is 8.78 Å². The van der Waals surface area contributed by atoms with Gasteiger partial charge in [0, 0.05) is 6.54 Å². The Balaban J connectivity index is 1.98. The molecule has 0 unspecified atom stereocenters. The molecule has 0 saturated carbocycles. The van der Waals surface area contributed by atoms with Crippen molar-refractivity contribution in [1.29, 1.82) is 0 Å². The Morgan fingerprint density at radius 3 is 2.76 bits per heavy atom. The number of aliphatic hydroxyl groups excluding tert-OH is 1. The molecule has 6 heteroatoms. The summed E-state index contributed by atoms with van der Waals surface area (Å²) < 4.78 is 25.8. The maximum absolute atomic E-state index is 13.0. The molecule has 3 nitrogen and oxygen atoms in total. The lowest BCUT2D eigenvalue weighted by Gasteiger charge is -2.04. The first kappa shape index (κ1) is 15.2. The highest BCUT2D eigenvalue weighted by atomic mass is 32.1. The summed E-state index contributed by atoms with van der Waals surface area (Å²) in [6, 6.07) is 6.77. The Labute approximate surface area is 124 Å². The van der Waals surface area contributed by atoms with E-state index >= 15 is 0 Å². The molecule has 0 spiro atoms. The first-order valence-corrected chi connectivity index (χ1v) is 6.83. The van der Waals surface area contributed by atoms with E-state index in [0.29, 0.717) is 15.3 Å². The number of thiophene rings is 1. The zero-order chi connectivity index (χ0) is 15.2. The Bertz CT molecular complexity index is 716. The second kappa shape index (κ2) is 6.97. The molecule has 0 fully saturated rings. The SMILES string of the molecule is O=C(NCc1ccc(F)c(F)c1)c1ccc(C#CCO)s1. The van der Waals surface area contributed by atoms with Crippen molar-refractivity contribution in [3.8, 4) is 11.8 Å². The van der Waals surface area contributed by atoms with E-state index < -0.39 is 11.6 Å². The average Bonchev–Trinajstić information content (AvgIpc) is 2.95. The fourth-order valence-electron chi connectivity index (χ4n) is 1.57. The highest BCUT2D eigenvalue weighted by Gasteiger charge is 2.09. The number of rotatable bonds is 3. The second-order valence-corrected chi connectivity index (χ2v) is 5.14. The largest absolute Gasteiger partial charge is 0.384 e. The van der Waals surface area contributed by atoms with Crippen LogP contribution in [0.1, 0.15) is 20.1 Å². The van der Waals surface area contributed by atoms with Gasteiger partial charge in [0.25, 0.3) is 5.91 Å². The second-order valence-electron chi connectivity index (χ2n) is 4.05. The van der Waals surface area contributed by atoms with E-state index in [2.05, 4.69) is 17.2 Å². The Hall–Kier alpha value is -2.23. The van der Waals surface area contributed by atoms with Gasteiger partial charge >= 0.3 is 0 Å². The molecule has 1 aromatic heterocycles. The molecular weight excluding hydrogens is 296 g/mol.